The predicted molar refractivity (Wildman–Crippen MR) is 86.5 cm³/mol. The molecule has 0 saturated carbocycles. The third kappa shape index (κ3) is 4.84. The third-order valence-corrected chi connectivity index (χ3v) is 3.90. The van der Waals surface area contributed by atoms with Gasteiger partial charge >= 0.3 is 0 Å². The lowest BCUT2D eigenvalue weighted by Gasteiger charge is -2.21. The van der Waals surface area contributed by atoms with E-state index in [1.165, 1.54) is 0 Å². The van der Waals surface area contributed by atoms with Crippen molar-refractivity contribution in [2.24, 2.45) is 5.92 Å². The fourth-order valence-corrected chi connectivity index (χ4v) is 2.58. The van der Waals surface area contributed by atoms with E-state index in [1.807, 2.05) is 25.1 Å². The molecule has 1 aromatic carbocycles. The summed E-state index contributed by atoms with van der Waals surface area (Å²) in [5, 5.41) is 9.09. The molecule has 5 nitrogen and oxygen atoms in total. The van der Waals surface area contributed by atoms with Crippen LogP contribution < -0.4 is 16.0 Å². The fourth-order valence-electron chi connectivity index (χ4n) is 2.58. The van der Waals surface area contributed by atoms with Crippen molar-refractivity contribution in [3.8, 4) is 0 Å². The molecule has 0 unspecified atom stereocenters. The summed E-state index contributed by atoms with van der Waals surface area (Å²) in [6.07, 6.45) is 2.70. The monoisotopic (exact) mass is 303 g/mol. The van der Waals surface area contributed by atoms with Crippen molar-refractivity contribution in [2.75, 3.05) is 19.6 Å². The van der Waals surface area contributed by atoms with Crippen LogP contribution in [0.2, 0.25) is 0 Å². The van der Waals surface area contributed by atoms with E-state index in [0.29, 0.717) is 18.7 Å². The number of amides is 2. The van der Waals surface area contributed by atoms with E-state index in [-0.39, 0.29) is 17.7 Å². The summed E-state index contributed by atoms with van der Waals surface area (Å²) in [6.45, 7) is 4.98. The summed E-state index contributed by atoms with van der Waals surface area (Å²) in [5.41, 5.74) is 1.59. The molecule has 0 atom stereocenters. The van der Waals surface area contributed by atoms with Crippen LogP contribution in [0.1, 0.15) is 42.1 Å². The van der Waals surface area contributed by atoms with E-state index in [1.54, 1.807) is 6.07 Å². The van der Waals surface area contributed by atoms with Gasteiger partial charge in [0, 0.05) is 24.6 Å². The van der Waals surface area contributed by atoms with Crippen molar-refractivity contribution in [3.63, 3.8) is 0 Å². The average Bonchev–Trinajstić information content (AvgIpc) is 2.58. The maximum atomic E-state index is 12.1. The van der Waals surface area contributed by atoms with Gasteiger partial charge in [-0.15, -0.1) is 0 Å². The molecule has 120 valence electrons. The second kappa shape index (κ2) is 8.54. The predicted octanol–water partition coefficient (Wildman–Crippen LogP) is 1.44. The molecule has 2 rings (SSSR count). The second-order valence-electron chi connectivity index (χ2n) is 5.70. The summed E-state index contributed by atoms with van der Waals surface area (Å²) >= 11 is 0. The molecule has 0 aromatic heterocycles. The van der Waals surface area contributed by atoms with Crippen LogP contribution in [-0.4, -0.2) is 31.4 Å². The van der Waals surface area contributed by atoms with Crippen LogP contribution >= 0.6 is 0 Å². The van der Waals surface area contributed by atoms with Gasteiger partial charge in [0.05, 0.1) is 0 Å². The van der Waals surface area contributed by atoms with Gasteiger partial charge in [-0.05, 0) is 50.0 Å². The Morgan fingerprint density at radius 1 is 1.23 bits per heavy atom. The largest absolute Gasteiger partial charge is 0.352 e. The lowest BCUT2D eigenvalue weighted by molar-refractivity contribution is -0.125. The lowest BCUT2D eigenvalue weighted by atomic mass is 9.97. The molecule has 0 radical (unpaired) electrons. The highest BCUT2D eigenvalue weighted by Gasteiger charge is 2.20. The summed E-state index contributed by atoms with van der Waals surface area (Å²) in [6, 6.07) is 7.42. The smallest absolute Gasteiger partial charge is 0.251 e. The maximum Gasteiger partial charge on any atom is 0.251 e. The number of carbonyl (C=O) groups is 2. The number of carbonyl (C=O) groups excluding carboxylic acids is 2. The molecule has 5 heteroatoms. The van der Waals surface area contributed by atoms with Crippen molar-refractivity contribution in [1.29, 1.82) is 0 Å². The molecule has 1 saturated heterocycles. The Hall–Kier alpha value is -1.88. The Bertz CT molecular complexity index is 510. The Kier molecular flexibility index (Phi) is 6.40. The highest BCUT2D eigenvalue weighted by Crippen LogP contribution is 2.12. The summed E-state index contributed by atoms with van der Waals surface area (Å²) in [4.78, 5) is 24.0. The van der Waals surface area contributed by atoms with Gasteiger partial charge in [-0.1, -0.05) is 19.1 Å². The maximum absolute atomic E-state index is 12.1. The highest BCUT2D eigenvalue weighted by atomic mass is 16.2. The fraction of sp³-hybridized carbons (Fsp3) is 0.529. The molecule has 0 bridgehead atoms. The SMILES string of the molecule is CCCNC(=O)c1cccc(CNC(=O)C2CCNCC2)c1. The van der Waals surface area contributed by atoms with E-state index in [9.17, 15) is 9.59 Å². The molecule has 3 N–H and O–H groups in total. The zero-order valence-electron chi connectivity index (χ0n) is 13.2. The first kappa shape index (κ1) is 16.5. The zero-order chi connectivity index (χ0) is 15.8. The molecule has 1 heterocycles. The van der Waals surface area contributed by atoms with Crippen LogP contribution in [0.25, 0.3) is 0 Å². The lowest BCUT2D eigenvalue weighted by Crippen LogP contribution is -2.37. The van der Waals surface area contributed by atoms with Crippen LogP contribution in [0.5, 0.6) is 0 Å². The van der Waals surface area contributed by atoms with Crippen LogP contribution in [0, 0.1) is 5.92 Å². The number of hydrogen-bond donors (Lipinski definition) is 3. The first-order valence-corrected chi connectivity index (χ1v) is 8.06. The minimum absolute atomic E-state index is 0.0617. The van der Waals surface area contributed by atoms with Gasteiger partial charge in [0.1, 0.15) is 0 Å². The molecule has 1 aliphatic heterocycles. The van der Waals surface area contributed by atoms with E-state index in [2.05, 4.69) is 16.0 Å². The first-order chi connectivity index (χ1) is 10.7. The van der Waals surface area contributed by atoms with Gasteiger partial charge in [0.2, 0.25) is 5.91 Å². The van der Waals surface area contributed by atoms with E-state index in [4.69, 9.17) is 0 Å². The third-order valence-electron chi connectivity index (χ3n) is 3.90. The number of benzene rings is 1. The number of rotatable bonds is 6. The normalized spacial score (nSPS) is 15.3. The summed E-state index contributed by atoms with van der Waals surface area (Å²) < 4.78 is 0. The van der Waals surface area contributed by atoms with Crippen LogP contribution in [-0.2, 0) is 11.3 Å². The van der Waals surface area contributed by atoms with Gasteiger partial charge in [-0.2, -0.15) is 0 Å². The van der Waals surface area contributed by atoms with Gasteiger partial charge in [0.25, 0.3) is 5.91 Å². The van der Waals surface area contributed by atoms with Crippen LogP contribution in [0.15, 0.2) is 24.3 Å². The minimum atomic E-state index is -0.0617. The molecule has 1 aliphatic rings. The molecule has 1 fully saturated rings. The Morgan fingerprint density at radius 2 is 2.00 bits per heavy atom. The molecular formula is C17H25N3O2. The first-order valence-electron chi connectivity index (χ1n) is 8.06. The second-order valence-corrected chi connectivity index (χ2v) is 5.70. The summed E-state index contributed by atoms with van der Waals surface area (Å²) in [5.74, 6) is 0.160. The van der Waals surface area contributed by atoms with Crippen LogP contribution in [0.3, 0.4) is 0 Å². The van der Waals surface area contributed by atoms with Crippen LogP contribution in [0.4, 0.5) is 0 Å². The number of nitrogens with one attached hydrogen (secondary N) is 3. The van der Waals surface area contributed by atoms with Crippen molar-refractivity contribution in [2.45, 2.75) is 32.7 Å². The number of piperidine rings is 1. The standard InChI is InChI=1S/C17H25N3O2/c1-2-8-19-17(22)15-5-3-4-13(11-15)12-20-16(21)14-6-9-18-10-7-14/h3-5,11,14,18H,2,6-10,12H2,1H3,(H,19,22)(H,20,21). The van der Waals surface area contributed by atoms with E-state index in [0.717, 1.165) is 37.9 Å². The Labute approximate surface area is 131 Å². The zero-order valence-corrected chi connectivity index (χ0v) is 13.2. The Morgan fingerprint density at radius 3 is 2.73 bits per heavy atom. The summed E-state index contributed by atoms with van der Waals surface area (Å²) in [7, 11) is 0. The quantitative estimate of drug-likeness (QED) is 0.745. The van der Waals surface area contributed by atoms with Crippen molar-refractivity contribution in [1.82, 2.24) is 16.0 Å². The molecule has 0 aliphatic carbocycles. The van der Waals surface area contributed by atoms with Gasteiger partial charge in [-0.3, -0.25) is 9.59 Å². The van der Waals surface area contributed by atoms with Gasteiger partial charge in [-0.25, -0.2) is 0 Å². The van der Waals surface area contributed by atoms with Gasteiger partial charge < -0.3 is 16.0 Å². The van der Waals surface area contributed by atoms with Crippen molar-refractivity contribution in [3.05, 3.63) is 35.4 Å². The van der Waals surface area contributed by atoms with Crippen molar-refractivity contribution >= 4 is 11.8 Å². The molecule has 22 heavy (non-hydrogen) atoms. The topological polar surface area (TPSA) is 70.2 Å². The van der Waals surface area contributed by atoms with Gasteiger partial charge in [0.15, 0.2) is 0 Å². The van der Waals surface area contributed by atoms with Crippen molar-refractivity contribution < 1.29 is 9.59 Å². The van der Waals surface area contributed by atoms with E-state index < -0.39 is 0 Å². The highest BCUT2D eigenvalue weighted by molar-refractivity contribution is 5.94. The molecule has 0 spiro atoms. The number of hydrogen-bond acceptors (Lipinski definition) is 3. The average molecular weight is 303 g/mol. The molecular weight excluding hydrogens is 278 g/mol. The van der Waals surface area contributed by atoms with E-state index >= 15 is 0 Å². The minimum Gasteiger partial charge on any atom is -0.352 e. The molecule has 2 amide bonds. The Balaban J connectivity index is 1.87. The molecule has 1 aromatic rings.